The summed E-state index contributed by atoms with van der Waals surface area (Å²) in [7, 11) is 0. The third kappa shape index (κ3) is 4.51. The predicted molar refractivity (Wildman–Crippen MR) is 146 cm³/mol. The molecule has 0 aliphatic carbocycles. The lowest BCUT2D eigenvalue weighted by Gasteiger charge is -2.35. The highest BCUT2D eigenvalue weighted by Crippen LogP contribution is 2.35. The minimum atomic E-state index is -0.458. The SMILES string of the molecule is CCCc1nc(N2CCN(C(=O)Nc3ccccc3F)CC2)c2c(-c3ccc4ccccc4c3)noc2n1. The number of nitrogens with one attached hydrogen (secondary N) is 1. The van der Waals surface area contributed by atoms with E-state index in [0.717, 1.165) is 40.4 Å². The first-order valence-electron chi connectivity index (χ1n) is 12.8. The number of nitrogens with zero attached hydrogens (tertiary/aromatic N) is 5. The van der Waals surface area contributed by atoms with Crippen molar-refractivity contribution in [1.82, 2.24) is 20.0 Å². The van der Waals surface area contributed by atoms with Gasteiger partial charge in [0.1, 0.15) is 28.5 Å². The highest BCUT2D eigenvalue weighted by molar-refractivity contribution is 6.00. The van der Waals surface area contributed by atoms with Crippen LogP contribution in [0.25, 0.3) is 33.1 Å². The minimum Gasteiger partial charge on any atom is -0.352 e. The predicted octanol–water partition coefficient (Wildman–Crippen LogP) is 5.88. The van der Waals surface area contributed by atoms with E-state index in [9.17, 15) is 9.18 Å². The van der Waals surface area contributed by atoms with Crippen molar-refractivity contribution in [3.8, 4) is 11.3 Å². The Labute approximate surface area is 219 Å². The number of hydrogen-bond donors (Lipinski definition) is 1. The van der Waals surface area contributed by atoms with Crippen LogP contribution in [0.1, 0.15) is 19.2 Å². The summed E-state index contributed by atoms with van der Waals surface area (Å²) in [6.45, 7) is 4.13. The molecule has 5 aromatic rings. The molecule has 9 heteroatoms. The van der Waals surface area contributed by atoms with Crippen LogP contribution in [0.5, 0.6) is 0 Å². The van der Waals surface area contributed by atoms with Crippen LogP contribution in [0, 0.1) is 5.82 Å². The molecule has 38 heavy (non-hydrogen) atoms. The zero-order chi connectivity index (χ0) is 26.1. The summed E-state index contributed by atoms with van der Waals surface area (Å²) in [5.41, 5.74) is 2.26. The number of fused-ring (bicyclic) bond motifs is 2. The van der Waals surface area contributed by atoms with Crippen LogP contribution in [0.2, 0.25) is 0 Å². The first-order valence-corrected chi connectivity index (χ1v) is 12.8. The maximum absolute atomic E-state index is 14.0. The number of aryl methyl sites for hydroxylation is 1. The number of benzene rings is 3. The Morgan fingerprint density at radius 3 is 2.53 bits per heavy atom. The highest BCUT2D eigenvalue weighted by atomic mass is 19.1. The zero-order valence-corrected chi connectivity index (χ0v) is 21.0. The number of hydrogen-bond acceptors (Lipinski definition) is 6. The summed E-state index contributed by atoms with van der Waals surface area (Å²) >= 11 is 0. The summed E-state index contributed by atoms with van der Waals surface area (Å²) in [4.78, 5) is 26.2. The van der Waals surface area contributed by atoms with Crippen molar-refractivity contribution < 1.29 is 13.7 Å². The number of carbonyl (C=O) groups excluding carboxylic acids is 1. The Bertz CT molecular complexity index is 1630. The van der Waals surface area contributed by atoms with Crippen molar-refractivity contribution in [1.29, 1.82) is 0 Å². The topological polar surface area (TPSA) is 87.4 Å². The molecule has 0 bridgehead atoms. The highest BCUT2D eigenvalue weighted by Gasteiger charge is 2.27. The van der Waals surface area contributed by atoms with E-state index in [0.29, 0.717) is 43.4 Å². The van der Waals surface area contributed by atoms with Gasteiger partial charge in [0.25, 0.3) is 5.71 Å². The Hall–Kier alpha value is -4.53. The van der Waals surface area contributed by atoms with E-state index in [-0.39, 0.29) is 11.7 Å². The second-order valence-electron chi connectivity index (χ2n) is 9.37. The van der Waals surface area contributed by atoms with Crippen LogP contribution >= 0.6 is 0 Å². The van der Waals surface area contributed by atoms with Crippen molar-refractivity contribution in [2.24, 2.45) is 0 Å². The van der Waals surface area contributed by atoms with E-state index < -0.39 is 5.82 Å². The molecule has 1 saturated heterocycles. The molecule has 3 heterocycles. The van der Waals surface area contributed by atoms with Gasteiger partial charge in [-0.1, -0.05) is 60.6 Å². The maximum atomic E-state index is 14.0. The van der Waals surface area contributed by atoms with Gasteiger partial charge in [-0.15, -0.1) is 0 Å². The van der Waals surface area contributed by atoms with E-state index in [1.54, 1.807) is 23.1 Å². The lowest BCUT2D eigenvalue weighted by Crippen LogP contribution is -2.50. The summed E-state index contributed by atoms with van der Waals surface area (Å²) in [5, 5.41) is 10.1. The van der Waals surface area contributed by atoms with E-state index in [1.807, 2.05) is 18.2 Å². The third-order valence-corrected chi connectivity index (χ3v) is 6.84. The smallest absolute Gasteiger partial charge is 0.322 e. The van der Waals surface area contributed by atoms with Crippen molar-refractivity contribution in [3.05, 3.63) is 78.4 Å². The Morgan fingerprint density at radius 1 is 0.974 bits per heavy atom. The van der Waals surface area contributed by atoms with Gasteiger partial charge in [0.05, 0.1) is 5.69 Å². The average Bonchev–Trinajstić information content (AvgIpc) is 3.38. The lowest BCUT2D eigenvalue weighted by atomic mass is 10.0. The molecule has 6 rings (SSSR count). The molecule has 2 aromatic heterocycles. The van der Waals surface area contributed by atoms with Crippen LogP contribution in [0.3, 0.4) is 0 Å². The van der Waals surface area contributed by atoms with Crippen LogP contribution in [-0.4, -0.2) is 52.2 Å². The summed E-state index contributed by atoms with van der Waals surface area (Å²) in [6.07, 6.45) is 1.63. The largest absolute Gasteiger partial charge is 0.352 e. The first-order chi connectivity index (χ1) is 18.6. The van der Waals surface area contributed by atoms with Gasteiger partial charge in [-0.05, 0) is 35.4 Å². The second-order valence-corrected chi connectivity index (χ2v) is 9.37. The fourth-order valence-corrected chi connectivity index (χ4v) is 4.86. The van der Waals surface area contributed by atoms with Gasteiger partial charge >= 0.3 is 6.03 Å². The molecule has 2 amide bonds. The Morgan fingerprint density at radius 2 is 1.74 bits per heavy atom. The molecular formula is C29H27FN6O2. The number of urea groups is 1. The number of para-hydroxylation sites is 1. The zero-order valence-electron chi connectivity index (χ0n) is 21.0. The summed E-state index contributed by atoms with van der Waals surface area (Å²) in [6, 6.07) is 20.2. The lowest BCUT2D eigenvalue weighted by molar-refractivity contribution is 0.208. The van der Waals surface area contributed by atoms with E-state index in [1.165, 1.54) is 6.07 Å². The molecule has 1 aliphatic heterocycles. The monoisotopic (exact) mass is 510 g/mol. The van der Waals surface area contributed by atoms with Gasteiger partial charge in [-0.25, -0.2) is 14.2 Å². The molecule has 0 saturated carbocycles. The van der Waals surface area contributed by atoms with Crippen molar-refractivity contribution in [3.63, 3.8) is 0 Å². The van der Waals surface area contributed by atoms with Crippen LogP contribution in [-0.2, 0) is 6.42 Å². The molecule has 0 spiro atoms. The average molecular weight is 511 g/mol. The number of halogens is 1. The Kier molecular flexibility index (Phi) is 6.33. The number of piperazine rings is 1. The van der Waals surface area contributed by atoms with Gasteiger partial charge in [0.15, 0.2) is 0 Å². The molecular weight excluding hydrogens is 483 g/mol. The summed E-state index contributed by atoms with van der Waals surface area (Å²) < 4.78 is 19.7. The molecule has 1 N–H and O–H groups in total. The number of carbonyl (C=O) groups is 1. The number of anilines is 2. The first kappa shape index (κ1) is 23.8. The van der Waals surface area contributed by atoms with Gasteiger partial charge < -0.3 is 19.6 Å². The third-order valence-electron chi connectivity index (χ3n) is 6.84. The van der Waals surface area contributed by atoms with Gasteiger partial charge in [0, 0.05) is 38.2 Å². The van der Waals surface area contributed by atoms with Crippen LogP contribution in [0.15, 0.2) is 71.3 Å². The maximum Gasteiger partial charge on any atom is 0.322 e. The van der Waals surface area contributed by atoms with Gasteiger partial charge in [-0.2, -0.15) is 4.98 Å². The van der Waals surface area contributed by atoms with E-state index >= 15 is 0 Å². The van der Waals surface area contributed by atoms with Crippen molar-refractivity contribution in [2.45, 2.75) is 19.8 Å². The van der Waals surface area contributed by atoms with Crippen molar-refractivity contribution >= 4 is 39.4 Å². The summed E-state index contributed by atoms with van der Waals surface area (Å²) in [5.74, 6) is 1.01. The van der Waals surface area contributed by atoms with Crippen LogP contribution in [0.4, 0.5) is 20.7 Å². The Balaban J connectivity index is 1.30. The molecule has 1 fully saturated rings. The fourth-order valence-electron chi connectivity index (χ4n) is 4.86. The van der Waals surface area contributed by atoms with E-state index in [2.05, 4.69) is 51.5 Å². The molecule has 1 aliphatic rings. The molecule has 0 atom stereocenters. The molecule has 192 valence electrons. The number of rotatable bonds is 5. The van der Waals surface area contributed by atoms with Gasteiger partial charge in [0.2, 0.25) is 0 Å². The second kappa shape index (κ2) is 10.1. The molecule has 0 radical (unpaired) electrons. The standard InChI is InChI=1S/C29H27FN6O2/c1-2-7-24-32-27(35-14-16-36(17-15-35)29(37)31-23-11-6-5-10-22(23)30)25-26(34-38-28(25)33-24)21-13-12-19-8-3-4-9-20(19)18-21/h3-6,8-13,18H,2,7,14-17H2,1H3,(H,31,37). The number of aromatic nitrogens is 3. The van der Waals surface area contributed by atoms with Crippen molar-refractivity contribution in [2.75, 3.05) is 36.4 Å². The van der Waals surface area contributed by atoms with Gasteiger partial charge in [-0.3, -0.25) is 0 Å². The quantitative estimate of drug-likeness (QED) is 0.318. The normalized spacial score (nSPS) is 13.8. The molecule has 0 unspecified atom stereocenters. The fraction of sp³-hybridized carbons (Fsp3) is 0.241. The van der Waals surface area contributed by atoms with E-state index in [4.69, 9.17) is 9.51 Å². The molecule has 3 aromatic carbocycles. The minimum absolute atomic E-state index is 0.172. The number of amides is 2. The molecule has 8 nitrogen and oxygen atoms in total. The van der Waals surface area contributed by atoms with Crippen LogP contribution < -0.4 is 10.2 Å².